The molecule has 0 heterocycles. The van der Waals surface area contributed by atoms with E-state index in [1.165, 1.54) is 37.8 Å². The molecule has 2 rings (SSSR count). The zero-order chi connectivity index (χ0) is 23.5. The van der Waals surface area contributed by atoms with Crippen LogP contribution >= 0.6 is 31.9 Å². The topological polar surface area (TPSA) is 32.5 Å². The van der Waals surface area contributed by atoms with Crippen molar-refractivity contribution in [2.45, 2.75) is 40.4 Å². The van der Waals surface area contributed by atoms with Crippen LogP contribution in [0.25, 0.3) is 0 Å². The summed E-state index contributed by atoms with van der Waals surface area (Å²) in [5.41, 5.74) is 6.07. The van der Waals surface area contributed by atoms with Crippen LogP contribution in [0.2, 0.25) is 19.6 Å². The zero-order valence-electron chi connectivity index (χ0n) is 19.1. The summed E-state index contributed by atoms with van der Waals surface area (Å²) in [4.78, 5) is 2.38. The number of rotatable bonds is 5. The summed E-state index contributed by atoms with van der Waals surface area (Å²) in [5.74, 6) is -0.531. The molecule has 3 nitrogen and oxygen atoms in total. The van der Waals surface area contributed by atoms with E-state index in [2.05, 4.69) is 81.7 Å². The molecule has 0 aromatic heterocycles. The molecule has 8 heteroatoms. The molecule has 0 amide bonds. The van der Waals surface area contributed by atoms with Crippen LogP contribution in [0.4, 0.5) is 20.2 Å². The molecule has 30 heavy (non-hydrogen) atoms. The Morgan fingerprint density at radius 1 is 0.833 bits per heavy atom. The second-order valence-electron chi connectivity index (χ2n) is 7.61. The average Bonchev–Trinajstić information content (AvgIpc) is 2.68. The maximum atomic E-state index is 13.5. The SMILES string of the molecule is CCN(CC)CC.CN(c1cc(Br)ccc1F)[Si](C)(C)C.Nc1cc(Br)ccc1F. The fraction of sp³-hybridized carbons (Fsp3) is 0.455. The van der Waals surface area contributed by atoms with Crippen LogP contribution in [0.5, 0.6) is 0 Å². The number of anilines is 2. The second kappa shape index (κ2) is 14.2. The van der Waals surface area contributed by atoms with Crippen LogP contribution in [-0.2, 0) is 0 Å². The fourth-order valence-electron chi connectivity index (χ4n) is 2.29. The van der Waals surface area contributed by atoms with Crippen molar-refractivity contribution >= 4 is 51.5 Å². The third-order valence-corrected chi connectivity index (χ3v) is 7.82. The van der Waals surface area contributed by atoms with Crippen LogP contribution in [0.15, 0.2) is 45.3 Å². The summed E-state index contributed by atoms with van der Waals surface area (Å²) in [7, 11) is 0.472. The summed E-state index contributed by atoms with van der Waals surface area (Å²) in [6.45, 7) is 16.7. The van der Waals surface area contributed by atoms with E-state index in [4.69, 9.17) is 5.73 Å². The van der Waals surface area contributed by atoms with E-state index in [0.29, 0.717) is 5.69 Å². The molecular formula is C22H35Br2F2N3Si. The van der Waals surface area contributed by atoms with E-state index < -0.39 is 8.24 Å². The van der Waals surface area contributed by atoms with Gasteiger partial charge in [0, 0.05) is 8.95 Å². The normalized spacial score (nSPS) is 10.7. The molecule has 0 aliphatic rings. The van der Waals surface area contributed by atoms with Gasteiger partial charge < -0.3 is 15.2 Å². The van der Waals surface area contributed by atoms with Gasteiger partial charge in [-0.2, -0.15) is 0 Å². The van der Waals surface area contributed by atoms with Gasteiger partial charge in [0.25, 0.3) is 0 Å². The number of hydrogen-bond donors (Lipinski definition) is 1. The minimum Gasteiger partial charge on any atom is -0.398 e. The second-order valence-corrected chi connectivity index (χ2v) is 14.5. The summed E-state index contributed by atoms with van der Waals surface area (Å²) >= 11 is 6.50. The number of nitrogen functional groups attached to an aromatic ring is 1. The minimum atomic E-state index is -1.48. The Kier molecular flexibility index (Phi) is 13.7. The van der Waals surface area contributed by atoms with Gasteiger partial charge in [-0.1, -0.05) is 72.3 Å². The quantitative estimate of drug-likeness (QED) is 0.303. The average molecular weight is 567 g/mol. The zero-order valence-corrected chi connectivity index (χ0v) is 23.2. The Labute approximate surface area is 199 Å². The molecule has 0 aliphatic carbocycles. The number of nitrogens with two attached hydrogens (primary N) is 1. The molecule has 0 unspecified atom stereocenters. The molecule has 0 radical (unpaired) electrons. The van der Waals surface area contributed by atoms with Gasteiger partial charge in [0.05, 0.1) is 11.4 Å². The predicted molar refractivity (Wildman–Crippen MR) is 138 cm³/mol. The Balaban J connectivity index is 0.000000454. The van der Waals surface area contributed by atoms with Gasteiger partial charge in [0.15, 0.2) is 0 Å². The van der Waals surface area contributed by atoms with Gasteiger partial charge >= 0.3 is 0 Å². The van der Waals surface area contributed by atoms with Crippen LogP contribution in [0, 0.1) is 11.6 Å². The first-order chi connectivity index (χ1) is 13.9. The van der Waals surface area contributed by atoms with Crippen molar-refractivity contribution in [1.82, 2.24) is 4.90 Å². The van der Waals surface area contributed by atoms with E-state index >= 15 is 0 Å². The summed E-state index contributed by atoms with van der Waals surface area (Å²) < 4.78 is 29.6. The monoisotopic (exact) mass is 565 g/mol. The highest BCUT2D eigenvalue weighted by Gasteiger charge is 2.22. The molecule has 2 aromatic rings. The third-order valence-electron chi connectivity index (χ3n) is 4.58. The van der Waals surface area contributed by atoms with Gasteiger partial charge in [-0.15, -0.1) is 0 Å². The first kappa shape index (κ1) is 29.0. The van der Waals surface area contributed by atoms with Crippen molar-refractivity contribution in [2.75, 3.05) is 37.0 Å². The summed E-state index contributed by atoms with van der Waals surface area (Å²) in [6, 6.07) is 9.49. The predicted octanol–water partition coefficient (Wildman–Crippen LogP) is 7.38. The van der Waals surface area contributed by atoms with Gasteiger partial charge in [-0.3, -0.25) is 0 Å². The number of nitrogens with zero attached hydrogens (tertiary/aromatic N) is 2. The lowest BCUT2D eigenvalue weighted by Crippen LogP contribution is -2.43. The smallest absolute Gasteiger partial charge is 0.147 e. The molecule has 0 saturated heterocycles. The largest absolute Gasteiger partial charge is 0.398 e. The van der Waals surface area contributed by atoms with Crippen LogP contribution in [0.1, 0.15) is 20.8 Å². The molecule has 170 valence electrons. The van der Waals surface area contributed by atoms with Crippen LogP contribution in [0.3, 0.4) is 0 Å². The Bertz CT molecular complexity index is 761. The van der Waals surface area contributed by atoms with Crippen molar-refractivity contribution in [3.05, 3.63) is 57.0 Å². The molecule has 2 aromatic carbocycles. The highest BCUT2D eigenvalue weighted by Crippen LogP contribution is 2.26. The van der Waals surface area contributed by atoms with Crippen LogP contribution < -0.4 is 10.3 Å². The summed E-state index contributed by atoms with van der Waals surface area (Å²) in [6.07, 6.45) is 0. The van der Waals surface area contributed by atoms with E-state index in [0.717, 1.165) is 8.95 Å². The van der Waals surface area contributed by atoms with Gasteiger partial charge in [0.2, 0.25) is 0 Å². The lowest BCUT2D eigenvalue weighted by molar-refractivity contribution is 0.321. The van der Waals surface area contributed by atoms with E-state index in [-0.39, 0.29) is 17.3 Å². The minimum absolute atomic E-state index is 0.155. The molecule has 0 bridgehead atoms. The van der Waals surface area contributed by atoms with E-state index in [1.807, 2.05) is 13.1 Å². The van der Waals surface area contributed by atoms with Gasteiger partial charge in [-0.05, 0) is 63.1 Å². The maximum absolute atomic E-state index is 13.5. The lowest BCUT2D eigenvalue weighted by atomic mass is 10.3. The van der Waals surface area contributed by atoms with E-state index in [9.17, 15) is 8.78 Å². The van der Waals surface area contributed by atoms with Gasteiger partial charge in [0.1, 0.15) is 19.9 Å². The highest BCUT2D eigenvalue weighted by atomic mass is 79.9. The molecular weight excluding hydrogens is 532 g/mol. The first-order valence-corrected chi connectivity index (χ1v) is 15.0. The third kappa shape index (κ3) is 10.9. The first-order valence-electron chi connectivity index (χ1n) is 9.99. The van der Waals surface area contributed by atoms with Gasteiger partial charge in [-0.25, -0.2) is 8.78 Å². The lowest BCUT2D eigenvalue weighted by Gasteiger charge is -2.32. The summed E-state index contributed by atoms with van der Waals surface area (Å²) in [5, 5.41) is 0. The van der Waals surface area contributed by atoms with Crippen molar-refractivity contribution in [2.24, 2.45) is 0 Å². The number of halogens is 4. The standard InChI is InChI=1S/C10H15BrFNSi.C6H5BrFN.C6H15N/c1-13(14(2,3)4)10-7-8(11)5-6-9(10)12;7-4-1-2-5(8)6(9)3-4;1-4-7(5-2)6-3/h5-7H,1-4H3;1-3H,9H2;4-6H2,1-3H3. The number of hydrogen-bond acceptors (Lipinski definition) is 3. The fourth-order valence-corrected chi connectivity index (χ4v) is 3.91. The number of benzene rings is 2. The molecule has 0 atom stereocenters. The maximum Gasteiger partial charge on any atom is 0.147 e. The molecule has 2 N–H and O–H groups in total. The Morgan fingerprint density at radius 2 is 1.27 bits per heavy atom. The molecule has 0 spiro atoms. The molecule has 0 fully saturated rings. The van der Waals surface area contributed by atoms with Crippen molar-refractivity contribution in [3.8, 4) is 0 Å². The Hall–Kier alpha value is -0.963. The van der Waals surface area contributed by atoms with Crippen molar-refractivity contribution < 1.29 is 8.78 Å². The highest BCUT2D eigenvalue weighted by molar-refractivity contribution is 9.10. The Morgan fingerprint density at radius 3 is 1.60 bits per heavy atom. The van der Waals surface area contributed by atoms with Crippen LogP contribution in [-0.4, -0.2) is 39.8 Å². The van der Waals surface area contributed by atoms with Crippen molar-refractivity contribution in [1.29, 1.82) is 0 Å². The molecule has 0 aliphatic heterocycles. The van der Waals surface area contributed by atoms with E-state index in [1.54, 1.807) is 12.1 Å². The molecule has 0 saturated carbocycles. The van der Waals surface area contributed by atoms with Crippen molar-refractivity contribution in [3.63, 3.8) is 0 Å².